The summed E-state index contributed by atoms with van der Waals surface area (Å²) in [7, 11) is -3.37. The van der Waals surface area contributed by atoms with Gasteiger partial charge in [-0.15, -0.1) is 0 Å². The monoisotopic (exact) mass is 574 g/mol. The molecule has 1 aliphatic carbocycles. The van der Waals surface area contributed by atoms with Crippen LogP contribution in [-0.2, 0) is 16.6 Å². The summed E-state index contributed by atoms with van der Waals surface area (Å²) in [4.78, 5) is 4.07. The van der Waals surface area contributed by atoms with Crippen LogP contribution in [0.15, 0.2) is 61.2 Å². The first kappa shape index (κ1) is 28.7. The van der Waals surface area contributed by atoms with Crippen molar-refractivity contribution in [2.24, 2.45) is 0 Å². The molecule has 9 nitrogen and oxygen atoms in total. The van der Waals surface area contributed by atoms with E-state index < -0.39 is 10.0 Å². The minimum Gasteiger partial charge on any atom is -0.493 e. The molecular formula is C31H38N6O3S. The average Bonchev–Trinajstić information content (AvgIpc) is 3.55. The van der Waals surface area contributed by atoms with Crippen LogP contribution in [-0.4, -0.2) is 48.0 Å². The number of rotatable bonds is 15. The molecule has 41 heavy (non-hydrogen) atoms. The van der Waals surface area contributed by atoms with E-state index in [9.17, 15) is 13.7 Å². The van der Waals surface area contributed by atoms with Crippen LogP contribution >= 0.6 is 0 Å². The van der Waals surface area contributed by atoms with E-state index in [1.54, 1.807) is 18.3 Å². The van der Waals surface area contributed by atoms with Gasteiger partial charge in [-0.3, -0.25) is 4.72 Å². The van der Waals surface area contributed by atoms with Gasteiger partial charge in [0.15, 0.2) is 0 Å². The molecule has 0 bridgehead atoms. The van der Waals surface area contributed by atoms with Gasteiger partial charge in [0.05, 0.1) is 35.5 Å². The number of fused-ring (bicyclic) bond motifs is 1. The number of aromatic nitrogens is 3. The van der Waals surface area contributed by atoms with E-state index in [0.29, 0.717) is 30.3 Å². The Morgan fingerprint density at radius 3 is 2.61 bits per heavy atom. The summed E-state index contributed by atoms with van der Waals surface area (Å²) in [6.45, 7) is 5.24. The highest BCUT2D eigenvalue weighted by atomic mass is 32.2. The molecule has 4 aromatic rings. The standard InChI is InChI=1S/C31H38N6O3S/c1-2-20-41(38,39)35-25-10-8-24(9-11-25)31-29(22-32)28-13-12-27(21-30(28)37(31)26-6-3-7-26)40-19-5-15-33-14-4-17-36-18-16-34-23-36/h8-13,16,18,21,23,26,33,35H,2-7,14-15,17,19-20H2,1H3. The zero-order valence-electron chi connectivity index (χ0n) is 23.6. The quantitative estimate of drug-likeness (QED) is 0.176. The molecule has 0 unspecified atom stereocenters. The third kappa shape index (κ3) is 6.92. The number of aryl methyl sites for hydroxylation is 1. The molecule has 10 heteroatoms. The van der Waals surface area contributed by atoms with E-state index >= 15 is 0 Å². The molecule has 1 aliphatic rings. The summed E-state index contributed by atoms with van der Waals surface area (Å²) in [6.07, 6.45) is 11.4. The molecule has 0 atom stereocenters. The van der Waals surface area contributed by atoms with E-state index in [0.717, 1.165) is 79.6 Å². The topological polar surface area (TPSA) is 114 Å². The van der Waals surface area contributed by atoms with Crippen molar-refractivity contribution in [3.05, 3.63) is 66.7 Å². The minimum atomic E-state index is -3.37. The van der Waals surface area contributed by atoms with Crippen LogP contribution in [0.5, 0.6) is 5.75 Å². The number of hydrogen-bond donors (Lipinski definition) is 2. The molecule has 0 aliphatic heterocycles. The first-order valence-electron chi connectivity index (χ1n) is 14.5. The molecule has 0 amide bonds. The maximum absolute atomic E-state index is 12.2. The zero-order chi connectivity index (χ0) is 28.7. The van der Waals surface area contributed by atoms with Crippen molar-refractivity contribution < 1.29 is 13.2 Å². The Hall–Kier alpha value is -3.81. The number of nitriles is 1. The van der Waals surface area contributed by atoms with Crippen LogP contribution < -0.4 is 14.8 Å². The summed E-state index contributed by atoms with van der Waals surface area (Å²) in [5.74, 6) is 0.879. The third-order valence-corrected chi connectivity index (χ3v) is 9.02. The highest BCUT2D eigenvalue weighted by Crippen LogP contribution is 2.43. The van der Waals surface area contributed by atoms with Crippen molar-refractivity contribution in [2.45, 2.75) is 58.0 Å². The SMILES string of the molecule is CCCS(=O)(=O)Nc1ccc(-c2c(C#N)c3ccc(OCCCNCCCn4ccnc4)cc3n2C2CCC2)cc1. The van der Waals surface area contributed by atoms with Gasteiger partial charge in [-0.25, -0.2) is 13.4 Å². The summed E-state index contributed by atoms with van der Waals surface area (Å²) >= 11 is 0. The smallest absolute Gasteiger partial charge is 0.232 e. The molecule has 2 N–H and O–H groups in total. The minimum absolute atomic E-state index is 0.0805. The fraction of sp³-hybridized carbons (Fsp3) is 0.419. The van der Waals surface area contributed by atoms with Crippen molar-refractivity contribution in [3.8, 4) is 23.1 Å². The van der Waals surface area contributed by atoms with Crippen LogP contribution in [0.1, 0.15) is 57.1 Å². The predicted molar refractivity (Wildman–Crippen MR) is 163 cm³/mol. The Balaban J connectivity index is 1.28. The molecule has 1 fully saturated rings. The molecule has 1 saturated carbocycles. The molecule has 5 rings (SSSR count). The number of anilines is 1. The van der Waals surface area contributed by atoms with Gasteiger partial charge in [0.25, 0.3) is 0 Å². The second-order valence-electron chi connectivity index (χ2n) is 10.6. The van der Waals surface area contributed by atoms with Gasteiger partial charge in [0, 0.05) is 42.1 Å². The molecule has 216 valence electrons. The van der Waals surface area contributed by atoms with Crippen LogP contribution in [0.25, 0.3) is 22.2 Å². The van der Waals surface area contributed by atoms with E-state index in [1.807, 2.05) is 43.7 Å². The summed E-state index contributed by atoms with van der Waals surface area (Å²) in [5, 5.41) is 14.6. The number of nitrogens with one attached hydrogen (secondary N) is 2. The normalized spacial score (nSPS) is 13.7. The van der Waals surface area contributed by atoms with Crippen molar-refractivity contribution in [1.29, 1.82) is 5.26 Å². The second-order valence-corrected chi connectivity index (χ2v) is 12.4. The number of benzene rings is 2. The highest BCUT2D eigenvalue weighted by molar-refractivity contribution is 7.92. The fourth-order valence-corrected chi connectivity index (χ4v) is 6.45. The van der Waals surface area contributed by atoms with E-state index in [2.05, 4.69) is 36.3 Å². The van der Waals surface area contributed by atoms with Gasteiger partial charge in [-0.2, -0.15) is 5.26 Å². The molecule has 0 saturated heterocycles. The Kier molecular flexibility index (Phi) is 9.27. The Labute approximate surface area is 242 Å². The van der Waals surface area contributed by atoms with Crippen LogP contribution in [0.4, 0.5) is 5.69 Å². The van der Waals surface area contributed by atoms with Gasteiger partial charge in [0.2, 0.25) is 10.0 Å². The lowest BCUT2D eigenvalue weighted by Crippen LogP contribution is -2.19. The number of nitrogens with zero attached hydrogens (tertiary/aromatic N) is 4. The number of imidazole rings is 1. The largest absolute Gasteiger partial charge is 0.493 e. The molecular weight excluding hydrogens is 536 g/mol. The first-order valence-corrected chi connectivity index (χ1v) is 16.1. The summed E-state index contributed by atoms with van der Waals surface area (Å²) in [6, 6.07) is 16.1. The van der Waals surface area contributed by atoms with Crippen molar-refractivity contribution in [2.75, 3.05) is 30.2 Å². The average molecular weight is 575 g/mol. The predicted octanol–water partition coefficient (Wildman–Crippen LogP) is 5.70. The second kappa shape index (κ2) is 13.2. The van der Waals surface area contributed by atoms with E-state index in [-0.39, 0.29) is 5.75 Å². The van der Waals surface area contributed by atoms with Gasteiger partial charge in [-0.05, 0) is 81.4 Å². The van der Waals surface area contributed by atoms with Gasteiger partial charge < -0.3 is 19.2 Å². The summed E-state index contributed by atoms with van der Waals surface area (Å²) < 4.78 is 37.6. The van der Waals surface area contributed by atoms with Crippen LogP contribution in [0.3, 0.4) is 0 Å². The van der Waals surface area contributed by atoms with Crippen molar-refractivity contribution in [1.82, 2.24) is 19.4 Å². The lowest BCUT2D eigenvalue weighted by atomic mass is 9.92. The first-order chi connectivity index (χ1) is 20.0. The molecule has 2 aromatic carbocycles. The molecule has 2 aromatic heterocycles. The third-order valence-electron chi connectivity index (χ3n) is 7.53. The Bertz CT molecular complexity index is 1580. The number of ether oxygens (including phenoxy) is 1. The lowest BCUT2D eigenvalue weighted by Gasteiger charge is -2.30. The highest BCUT2D eigenvalue weighted by Gasteiger charge is 2.28. The fourth-order valence-electron chi connectivity index (χ4n) is 5.31. The van der Waals surface area contributed by atoms with Crippen molar-refractivity contribution in [3.63, 3.8) is 0 Å². The molecule has 0 spiro atoms. The van der Waals surface area contributed by atoms with E-state index in [4.69, 9.17) is 4.74 Å². The van der Waals surface area contributed by atoms with Gasteiger partial charge in [0.1, 0.15) is 11.8 Å². The van der Waals surface area contributed by atoms with E-state index in [1.165, 1.54) is 0 Å². The Morgan fingerprint density at radius 1 is 1.12 bits per heavy atom. The zero-order valence-corrected chi connectivity index (χ0v) is 24.4. The maximum atomic E-state index is 12.2. The summed E-state index contributed by atoms with van der Waals surface area (Å²) in [5.41, 5.74) is 3.94. The van der Waals surface area contributed by atoms with Crippen LogP contribution in [0, 0.1) is 11.3 Å². The number of hydrogen-bond acceptors (Lipinski definition) is 6. The molecule has 0 radical (unpaired) electrons. The molecule has 2 heterocycles. The van der Waals surface area contributed by atoms with Gasteiger partial charge >= 0.3 is 0 Å². The number of sulfonamides is 1. The van der Waals surface area contributed by atoms with Crippen LogP contribution in [0.2, 0.25) is 0 Å². The maximum Gasteiger partial charge on any atom is 0.232 e. The van der Waals surface area contributed by atoms with Crippen molar-refractivity contribution >= 4 is 26.6 Å². The van der Waals surface area contributed by atoms with Gasteiger partial charge in [-0.1, -0.05) is 19.1 Å². The lowest BCUT2D eigenvalue weighted by molar-refractivity contribution is 0.307. The Morgan fingerprint density at radius 2 is 1.93 bits per heavy atom.